The first-order valence-corrected chi connectivity index (χ1v) is 10.8. The molecule has 3 aromatic rings. The van der Waals surface area contributed by atoms with Gasteiger partial charge in [-0.15, -0.1) is 0 Å². The van der Waals surface area contributed by atoms with E-state index in [0.29, 0.717) is 11.3 Å². The van der Waals surface area contributed by atoms with Gasteiger partial charge in [0.05, 0.1) is 16.0 Å². The summed E-state index contributed by atoms with van der Waals surface area (Å²) >= 11 is 0. The Kier molecular flexibility index (Phi) is 6.66. The second-order valence-electron chi connectivity index (χ2n) is 6.39. The molecule has 0 atom stereocenters. The maximum atomic E-state index is 13.0. The number of aromatic nitrogens is 1. The third-order valence-electron chi connectivity index (χ3n) is 4.50. The van der Waals surface area contributed by atoms with Crippen molar-refractivity contribution in [2.75, 3.05) is 13.1 Å². The van der Waals surface area contributed by atoms with Crippen LogP contribution in [0.1, 0.15) is 19.7 Å². The second kappa shape index (κ2) is 9.23. The highest BCUT2D eigenvalue weighted by Gasteiger charge is 2.26. The Morgan fingerprint density at radius 2 is 1.84 bits per heavy atom. The molecule has 0 aliphatic carbocycles. The summed E-state index contributed by atoms with van der Waals surface area (Å²) in [4.78, 5) is 14.6. The van der Waals surface area contributed by atoms with E-state index in [0.717, 1.165) is 6.07 Å². The predicted octanol–water partition coefficient (Wildman–Crippen LogP) is 4.00. The monoisotopic (exact) mass is 449 g/mol. The molecule has 0 saturated heterocycles. The Morgan fingerprint density at radius 1 is 1.16 bits per heavy atom. The van der Waals surface area contributed by atoms with Gasteiger partial charge in [-0.25, -0.2) is 17.8 Å². The molecule has 11 heteroatoms. The van der Waals surface area contributed by atoms with Gasteiger partial charge in [0, 0.05) is 24.7 Å². The van der Waals surface area contributed by atoms with E-state index in [4.69, 9.17) is 9.15 Å². The summed E-state index contributed by atoms with van der Waals surface area (Å²) in [6.45, 7) is 3.63. The van der Waals surface area contributed by atoms with Gasteiger partial charge >= 0.3 is 5.69 Å². The lowest BCUT2D eigenvalue weighted by atomic mass is 10.2. The van der Waals surface area contributed by atoms with Crippen molar-refractivity contribution in [2.24, 2.45) is 0 Å². The first kappa shape index (κ1) is 22.4. The minimum absolute atomic E-state index is 0.120. The van der Waals surface area contributed by atoms with Crippen molar-refractivity contribution in [3.63, 3.8) is 0 Å². The number of oxazole rings is 1. The molecule has 0 N–H and O–H groups in total. The lowest BCUT2D eigenvalue weighted by Gasteiger charge is -2.18. The molecule has 0 unspecified atom stereocenters. The Balaban J connectivity index is 1.81. The molecule has 0 aliphatic heterocycles. The summed E-state index contributed by atoms with van der Waals surface area (Å²) in [5.41, 5.74) is 0.121. The Labute approximate surface area is 178 Å². The first-order valence-electron chi connectivity index (χ1n) is 9.38. The number of benzene rings is 2. The van der Waals surface area contributed by atoms with E-state index in [1.165, 1.54) is 46.9 Å². The predicted molar refractivity (Wildman–Crippen MR) is 109 cm³/mol. The maximum Gasteiger partial charge on any atom is 0.312 e. The smallest absolute Gasteiger partial charge is 0.312 e. The van der Waals surface area contributed by atoms with Crippen molar-refractivity contribution in [3.8, 4) is 17.1 Å². The van der Waals surface area contributed by atoms with Crippen LogP contribution < -0.4 is 4.74 Å². The number of nitrogens with zero attached hydrogens (tertiary/aromatic N) is 3. The minimum atomic E-state index is -3.86. The van der Waals surface area contributed by atoms with Crippen LogP contribution in [0.2, 0.25) is 0 Å². The molecule has 9 nitrogen and oxygen atoms in total. The van der Waals surface area contributed by atoms with Gasteiger partial charge in [0.25, 0.3) is 0 Å². The topological polar surface area (TPSA) is 116 Å². The molecule has 0 saturated carbocycles. The van der Waals surface area contributed by atoms with E-state index in [9.17, 15) is 22.9 Å². The summed E-state index contributed by atoms with van der Waals surface area (Å²) in [5, 5.41) is 11.5. The summed E-state index contributed by atoms with van der Waals surface area (Å²) in [6.07, 6.45) is 1.43. The average molecular weight is 449 g/mol. The molecule has 2 aromatic carbocycles. The summed E-state index contributed by atoms with van der Waals surface area (Å²) < 4.78 is 50.5. The molecule has 0 spiro atoms. The quantitative estimate of drug-likeness (QED) is 0.358. The van der Waals surface area contributed by atoms with Crippen molar-refractivity contribution in [2.45, 2.75) is 25.3 Å². The fourth-order valence-electron chi connectivity index (χ4n) is 2.90. The van der Waals surface area contributed by atoms with Gasteiger partial charge in [0.1, 0.15) is 5.82 Å². The molecular formula is C20H20FN3O6S. The van der Waals surface area contributed by atoms with E-state index >= 15 is 0 Å². The van der Waals surface area contributed by atoms with Crippen molar-refractivity contribution < 1.29 is 26.9 Å². The molecule has 1 aromatic heterocycles. The highest BCUT2D eigenvalue weighted by Crippen LogP contribution is 2.31. The van der Waals surface area contributed by atoms with Gasteiger partial charge in [0.2, 0.25) is 15.9 Å². The molecule has 0 radical (unpaired) electrons. The number of ether oxygens (including phenoxy) is 1. The van der Waals surface area contributed by atoms with E-state index in [1.54, 1.807) is 13.8 Å². The number of rotatable bonds is 9. The Bertz CT molecular complexity index is 1170. The van der Waals surface area contributed by atoms with Gasteiger partial charge < -0.3 is 9.15 Å². The van der Waals surface area contributed by atoms with Gasteiger partial charge in [-0.2, -0.15) is 4.31 Å². The van der Waals surface area contributed by atoms with Crippen LogP contribution in [0, 0.1) is 15.9 Å². The fraction of sp³-hybridized carbons (Fsp3) is 0.250. The SMILES string of the molecule is CCN(CC)S(=O)(=O)c1ccc(OCc2ncc(-c3ccc(F)cc3)o2)c([N+](=O)[O-])c1. The van der Waals surface area contributed by atoms with Gasteiger partial charge in [-0.3, -0.25) is 10.1 Å². The third-order valence-corrected chi connectivity index (χ3v) is 6.55. The van der Waals surface area contributed by atoms with Crippen LogP contribution in [0.3, 0.4) is 0 Å². The number of hydrogen-bond donors (Lipinski definition) is 0. The molecule has 0 amide bonds. The summed E-state index contributed by atoms with van der Waals surface area (Å²) in [5.74, 6) is 0.0258. The van der Waals surface area contributed by atoms with E-state index in [2.05, 4.69) is 4.98 Å². The summed E-state index contributed by atoms with van der Waals surface area (Å²) in [7, 11) is -3.86. The van der Waals surface area contributed by atoms with Crippen LogP contribution in [-0.4, -0.2) is 35.7 Å². The fourth-order valence-corrected chi connectivity index (χ4v) is 4.38. The largest absolute Gasteiger partial charge is 0.477 e. The second-order valence-corrected chi connectivity index (χ2v) is 8.33. The van der Waals surface area contributed by atoms with Crippen LogP contribution in [-0.2, 0) is 16.6 Å². The maximum absolute atomic E-state index is 13.0. The standard InChI is InChI=1S/C20H20FN3O6S/c1-3-23(4-2)31(27,28)16-9-10-18(17(11-16)24(25)26)29-13-20-22-12-19(30-20)14-5-7-15(21)8-6-14/h5-12H,3-4,13H2,1-2H3. The van der Waals surface area contributed by atoms with E-state index in [1.807, 2.05) is 0 Å². The number of halogens is 1. The van der Waals surface area contributed by atoms with E-state index in [-0.39, 0.29) is 42.0 Å². The molecule has 31 heavy (non-hydrogen) atoms. The van der Waals surface area contributed by atoms with Crippen molar-refractivity contribution in [1.29, 1.82) is 0 Å². The van der Waals surface area contributed by atoms with Crippen LogP contribution in [0.15, 0.2) is 58.0 Å². The summed E-state index contributed by atoms with van der Waals surface area (Å²) in [6, 6.07) is 9.09. The normalized spacial score (nSPS) is 11.6. The van der Waals surface area contributed by atoms with E-state index < -0.39 is 20.6 Å². The van der Waals surface area contributed by atoms with Crippen molar-refractivity contribution >= 4 is 15.7 Å². The lowest BCUT2D eigenvalue weighted by Crippen LogP contribution is -2.30. The molecular weight excluding hydrogens is 429 g/mol. The number of sulfonamides is 1. The van der Waals surface area contributed by atoms with Gasteiger partial charge in [-0.1, -0.05) is 13.8 Å². The van der Waals surface area contributed by atoms with Crippen LogP contribution >= 0.6 is 0 Å². The zero-order valence-corrected chi connectivity index (χ0v) is 17.6. The minimum Gasteiger partial charge on any atom is -0.477 e. The Hall–Kier alpha value is -3.31. The van der Waals surface area contributed by atoms with Gasteiger partial charge in [0.15, 0.2) is 18.1 Å². The highest BCUT2D eigenvalue weighted by atomic mass is 32.2. The molecule has 0 aliphatic rings. The number of nitro groups is 1. The van der Waals surface area contributed by atoms with Gasteiger partial charge in [-0.05, 0) is 36.4 Å². The molecule has 1 heterocycles. The number of hydrogen-bond acceptors (Lipinski definition) is 7. The molecule has 164 valence electrons. The lowest BCUT2D eigenvalue weighted by molar-refractivity contribution is -0.386. The zero-order valence-electron chi connectivity index (χ0n) is 16.8. The van der Waals surface area contributed by atoms with Crippen molar-refractivity contribution in [1.82, 2.24) is 9.29 Å². The molecule has 0 fully saturated rings. The zero-order chi connectivity index (χ0) is 22.6. The third kappa shape index (κ3) is 4.89. The molecule has 3 rings (SSSR count). The van der Waals surface area contributed by atoms with Crippen LogP contribution in [0.5, 0.6) is 5.75 Å². The first-order chi connectivity index (χ1) is 14.8. The van der Waals surface area contributed by atoms with Crippen LogP contribution in [0.4, 0.5) is 10.1 Å². The molecule has 0 bridgehead atoms. The van der Waals surface area contributed by atoms with Crippen molar-refractivity contribution in [3.05, 3.63) is 70.5 Å². The number of nitro benzene ring substituents is 1. The Morgan fingerprint density at radius 3 is 2.45 bits per heavy atom. The highest BCUT2D eigenvalue weighted by molar-refractivity contribution is 7.89. The van der Waals surface area contributed by atoms with Crippen LogP contribution in [0.25, 0.3) is 11.3 Å². The average Bonchev–Trinajstić information content (AvgIpc) is 3.22.